The maximum Gasteiger partial charge on any atom is 0.317 e. The highest BCUT2D eigenvalue weighted by molar-refractivity contribution is 5.83. The van der Waals surface area contributed by atoms with Gasteiger partial charge in [-0.2, -0.15) is 5.10 Å². The summed E-state index contributed by atoms with van der Waals surface area (Å²) in [6, 6.07) is 12.1. The predicted octanol–water partition coefficient (Wildman–Crippen LogP) is 2.70. The van der Waals surface area contributed by atoms with Gasteiger partial charge in [0, 0.05) is 61.1 Å². The molecule has 156 valence electrons. The summed E-state index contributed by atoms with van der Waals surface area (Å²) < 4.78 is 12.0. The molecule has 0 aliphatic carbocycles. The molecule has 8 heteroatoms. The number of nitrogens with one attached hydrogen (secondary N) is 1. The fraction of sp³-hybridized carbons (Fsp3) is 0.304. The summed E-state index contributed by atoms with van der Waals surface area (Å²) in [6.07, 6.45) is 6.34. The number of nitrogens with zero attached hydrogens (tertiary/aromatic N) is 6. The minimum atomic E-state index is -0.279. The minimum absolute atomic E-state index is 0.0724. The predicted molar refractivity (Wildman–Crippen MR) is 116 cm³/mol. The molecule has 0 unspecified atom stereocenters. The van der Waals surface area contributed by atoms with E-state index in [0.717, 1.165) is 40.4 Å². The van der Waals surface area contributed by atoms with Crippen LogP contribution in [0.3, 0.4) is 0 Å². The van der Waals surface area contributed by atoms with Crippen molar-refractivity contribution in [2.45, 2.75) is 24.9 Å². The van der Waals surface area contributed by atoms with E-state index >= 15 is 0 Å². The van der Waals surface area contributed by atoms with E-state index in [1.165, 1.54) is 5.69 Å². The SMILES string of the molecule is [2H]N(Cc1cn(C)cn1)C(=O)N1CC2(CCn3nc(-c4cnc5ccccc5c4)cc32)C1. The zero-order valence-electron chi connectivity index (χ0n) is 18.3. The van der Waals surface area contributed by atoms with E-state index in [1.54, 1.807) is 11.2 Å². The lowest BCUT2D eigenvalue weighted by molar-refractivity contribution is 0.0919. The number of imidazole rings is 1. The molecule has 2 aliphatic rings. The van der Waals surface area contributed by atoms with E-state index in [2.05, 4.69) is 32.8 Å². The fourth-order valence-electron chi connectivity index (χ4n) is 4.75. The standard InChI is InChI=1S/C23H23N7O/c1-28-12-18(26-15-28)11-25-22(31)29-13-23(14-29)6-7-30-21(23)9-20(27-30)17-8-16-4-2-3-5-19(16)24-10-17/h2-5,8-10,12,15H,6-7,11,13-14H2,1H3,(H,25,31)/i/hD. The molecular formula is C23H23N7O. The fourth-order valence-corrected chi connectivity index (χ4v) is 4.75. The van der Waals surface area contributed by atoms with Crippen LogP contribution in [0.1, 0.15) is 17.8 Å². The quantitative estimate of drug-likeness (QED) is 0.559. The van der Waals surface area contributed by atoms with Gasteiger partial charge in [0.05, 0.1) is 29.8 Å². The van der Waals surface area contributed by atoms with Gasteiger partial charge in [-0.3, -0.25) is 9.67 Å². The molecule has 31 heavy (non-hydrogen) atoms. The van der Waals surface area contributed by atoms with E-state index in [-0.39, 0.29) is 18.0 Å². The van der Waals surface area contributed by atoms with Gasteiger partial charge in [0.15, 0.2) is 1.41 Å². The monoisotopic (exact) mass is 414 g/mol. The molecule has 2 amide bonds. The highest BCUT2D eigenvalue weighted by atomic mass is 16.2. The summed E-state index contributed by atoms with van der Waals surface area (Å²) in [6.45, 7) is 2.26. The molecule has 1 aromatic carbocycles. The third kappa shape index (κ3) is 2.98. The molecule has 5 heterocycles. The van der Waals surface area contributed by atoms with Crippen LogP contribution in [0.25, 0.3) is 22.2 Å². The molecule has 1 saturated heterocycles. The minimum Gasteiger partial charge on any atom is -0.340 e. The Kier molecular flexibility index (Phi) is 3.66. The summed E-state index contributed by atoms with van der Waals surface area (Å²) in [7, 11) is 1.87. The van der Waals surface area contributed by atoms with Gasteiger partial charge in [0.1, 0.15) is 0 Å². The van der Waals surface area contributed by atoms with Crippen LogP contribution in [-0.4, -0.2) is 48.3 Å². The second-order valence-electron chi connectivity index (χ2n) is 8.57. The second kappa shape index (κ2) is 6.66. The Morgan fingerprint density at radius 3 is 2.97 bits per heavy atom. The van der Waals surface area contributed by atoms with Gasteiger partial charge < -0.3 is 14.8 Å². The number of aromatic nitrogens is 5. The second-order valence-corrected chi connectivity index (χ2v) is 8.57. The Morgan fingerprint density at radius 1 is 1.26 bits per heavy atom. The van der Waals surface area contributed by atoms with E-state index < -0.39 is 0 Å². The normalized spacial score (nSPS) is 16.9. The van der Waals surface area contributed by atoms with E-state index in [0.29, 0.717) is 18.8 Å². The van der Waals surface area contributed by atoms with Crippen molar-refractivity contribution in [3.8, 4) is 11.3 Å². The number of carbonyl (C=O) groups is 1. The molecule has 0 bridgehead atoms. The maximum absolute atomic E-state index is 12.7. The Labute approximate surface area is 181 Å². The van der Waals surface area contributed by atoms with Crippen LogP contribution in [0.2, 0.25) is 1.41 Å². The Bertz CT molecular complexity index is 1340. The summed E-state index contributed by atoms with van der Waals surface area (Å²) in [5.74, 6) is 0. The van der Waals surface area contributed by atoms with Gasteiger partial charge in [-0.05, 0) is 24.6 Å². The first-order valence-electron chi connectivity index (χ1n) is 10.9. The first-order valence-corrected chi connectivity index (χ1v) is 10.5. The number of likely N-dealkylation sites (tertiary alicyclic amines) is 1. The first kappa shape index (κ1) is 17.0. The van der Waals surface area contributed by atoms with Crippen molar-refractivity contribution in [2.24, 2.45) is 7.05 Å². The number of rotatable bonds is 3. The number of hydrogen-bond donors (Lipinski definition) is 1. The summed E-state index contributed by atoms with van der Waals surface area (Å²) >= 11 is 0. The van der Waals surface area contributed by atoms with Crippen molar-refractivity contribution in [3.05, 3.63) is 66.5 Å². The van der Waals surface area contributed by atoms with Crippen molar-refractivity contribution in [3.63, 3.8) is 0 Å². The summed E-state index contributed by atoms with van der Waals surface area (Å²) in [5.41, 5.74) is 4.69. The molecular weight excluding hydrogens is 390 g/mol. The molecule has 8 nitrogen and oxygen atoms in total. The van der Waals surface area contributed by atoms with E-state index in [1.807, 2.05) is 42.2 Å². The molecule has 3 aromatic heterocycles. The van der Waals surface area contributed by atoms with Crippen molar-refractivity contribution in [2.75, 3.05) is 13.1 Å². The van der Waals surface area contributed by atoms with Gasteiger partial charge in [-0.1, -0.05) is 18.2 Å². The van der Waals surface area contributed by atoms with Crippen LogP contribution < -0.4 is 5.31 Å². The molecule has 1 fully saturated rings. The highest BCUT2D eigenvalue weighted by Crippen LogP contribution is 2.43. The van der Waals surface area contributed by atoms with Crippen LogP contribution >= 0.6 is 0 Å². The third-order valence-corrected chi connectivity index (χ3v) is 6.40. The van der Waals surface area contributed by atoms with Crippen molar-refractivity contribution < 1.29 is 6.21 Å². The first-order chi connectivity index (χ1) is 15.5. The number of aryl methyl sites for hydroxylation is 2. The molecule has 6 rings (SSSR count). The third-order valence-electron chi connectivity index (χ3n) is 6.40. The number of fused-ring (bicyclic) bond motifs is 3. The van der Waals surface area contributed by atoms with E-state index in [4.69, 9.17) is 6.51 Å². The molecule has 0 saturated carbocycles. The summed E-state index contributed by atoms with van der Waals surface area (Å²) in [5, 5.41) is 6.91. The number of amides is 2. The van der Waals surface area contributed by atoms with Crippen LogP contribution in [0.4, 0.5) is 4.79 Å². The smallest absolute Gasteiger partial charge is 0.317 e. The lowest BCUT2D eigenvalue weighted by Gasteiger charge is -2.47. The zero-order valence-corrected chi connectivity index (χ0v) is 17.3. The number of pyridine rings is 1. The lowest BCUT2D eigenvalue weighted by Crippen LogP contribution is -2.62. The molecule has 1 spiro atoms. The van der Waals surface area contributed by atoms with Crippen LogP contribution in [-0.2, 0) is 25.6 Å². The molecule has 0 radical (unpaired) electrons. The van der Waals surface area contributed by atoms with Gasteiger partial charge in [-0.25, -0.2) is 9.78 Å². The zero-order chi connectivity index (χ0) is 21.9. The number of carbonyl (C=O) groups excluding carboxylic acids is 1. The molecule has 4 aromatic rings. The van der Waals surface area contributed by atoms with Gasteiger partial charge in [-0.15, -0.1) is 0 Å². The number of para-hydroxylation sites is 1. The van der Waals surface area contributed by atoms with Crippen molar-refractivity contribution in [1.82, 2.24) is 34.5 Å². The number of urea groups is 1. The van der Waals surface area contributed by atoms with Gasteiger partial charge in [0.25, 0.3) is 0 Å². The molecule has 2 aliphatic heterocycles. The van der Waals surface area contributed by atoms with Crippen molar-refractivity contribution >= 4 is 16.9 Å². The lowest BCUT2D eigenvalue weighted by atomic mass is 9.76. The van der Waals surface area contributed by atoms with E-state index in [9.17, 15) is 4.79 Å². The summed E-state index contributed by atoms with van der Waals surface area (Å²) in [4.78, 5) is 23.3. The van der Waals surface area contributed by atoms with Crippen LogP contribution in [0.5, 0.6) is 0 Å². The Hall–Kier alpha value is -3.68. The van der Waals surface area contributed by atoms with Gasteiger partial charge in [0.2, 0.25) is 0 Å². The van der Waals surface area contributed by atoms with Crippen LogP contribution in [0, 0.1) is 0 Å². The maximum atomic E-state index is 12.7. The molecule has 0 atom stereocenters. The average molecular weight is 414 g/mol. The van der Waals surface area contributed by atoms with Crippen molar-refractivity contribution in [1.29, 1.82) is 0 Å². The Balaban J connectivity index is 1.18. The average Bonchev–Trinajstić information content (AvgIpc) is 3.46. The van der Waals surface area contributed by atoms with Gasteiger partial charge >= 0.3 is 6.03 Å². The number of benzene rings is 1. The largest absolute Gasteiger partial charge is 0.340 e. The topological polar surface area (TPSA) is 80.9 Å². The Morgan fingerprint density at radius 2 is 2.13 bits per heavy atom. The number of hydrogen-bond acceptors (Lipinski definition) is 4. The molecule has 1 N–H and O–H groups in total. The van der Waals surface area contributed by atoms with Crippen LogP contribution in [0.15, 0.2) is 55.1 Å². The highest BCUT2D eigenvalue weighted by Gasteiger charge is 2.51.